The molecule has 0 saturated heterocycles. The molecule has 2 aromatic heterocycles. The third-order valence-electron chi connectivity index (χ3n) is 5.12. The van der Waals surface area contributed by atoms with E-state index in [1.807, 2.05) is 55.5 Å². The van der Waals surface area contributed by atoms with Crippen molar-refractivity contribution >= 4 is 5.97 Å². The van der Waals surface area contributed by atoms with Gasteiger partial charge in [-0.3, -0.25) is 4.98 Å². The quantitative estimate of drug-likeness (QED) is 0.440. The molecule has 2 aromatic carbocycles. The van der Waals surface area contributed by atoms with Crippen molar-refractivity contribution in [2.75, 3.05) is 7.11 Å². The molecule has 0 bridgehead atoms. The highest BCUT2D eigenvalue weighted by atomic mass is 16.5. The zero-order valence-electron chi connectivity index (χ0n) is 18.1. The molecule has 0 radical (unpaired) electrons. The van der Waals surface area contributed by atoms with E-state index in [-0.39, 0.29) is 6.61 Å². The number of rotatable bonds is 7. The highest BCUT2D eigenvalue weighted by Gasteiger charge is 2.19. The van der Waals surface area contributed by atoms with Crippen molar-refractivity contribution in [3.8, 4) is 28.3 Å². The van der Waals surface area contributed by atoms with Gasteiger partial charge in [0.15, 0.2) is 0 Å². The largest absolute Gasteiger partial charge is 0.488 e. The minimum atomic E-state index is -0.473. The van der Waals surface area contributed by atoms with Crippen molar-refractivity contribution in [1.82, 2.24) is 25.6 Å². The van der Waals surface area contributed by atoms with Crippen LogP contribution in [0.3, 0.4) is 0 Å². The lowest BCUT2D eigenvalue weighted by molar-refractivity contribution is 0.0594. The lowest BCUT2D eigenvalue weighted by atomic mass is 9.97. The minimum Gasteiger partial charge on any atom is -0.488 e. The molecule has 0 aliphatic carbocycles. The number of carbonyl (C=O) groups excluding carboxylic acids is 1. The fourth-order valence-corrected chi connectivity index (χ4v) is 3.52. The summed E-state index contributed by atoms with van der Waals surface area (Å²) >= 11 is 0. The maximum Gasteiger partial charge on any atom is 0.343 e. The molecule has 0 atom stereocenters. The smallest absolute Gasteiger partial charge is 0.343 e. The molecule has 32 heavy (non-hydrogen) atoms. The minimum absolute atomic E-state index is 0.247. The Morgan fingerprint density at radius 1 is 1.06 bits per heavy atom. The number of aromatic amines is 1. The molecule has 0 unspecified atom stereocenters. The molecule has 1 N–H and O–H groups in total. The van der Waals surface area contributed by atoms with Gasteiger partial charge in [-0.25, -0.2) is 4.79 Å². The van der Waals surface area contributed by atoms with Gasteiger partial charge >= 0.3 is 5.97 Å². The Hall–Kier alpha value is -4.07. The van der Waals surface area contributed by atoms with Crippen LogP contribution in [0.1, 0.15) is 34.2 Å². The summed E-state index contributed by atoms with van der Waals surface area (Å²) < 4.78 is 11.0. The van der Waals surface area contributed by atoms with E-state index >= 15 is 0 Å². The first-order chi connectivity index (χ1) is 15.6. The third-order valence-corrected chi connectivity index (χ3v) is 5.12. The fraction of sp³-hybridized carbons (Fsp3) is 0.208. The Labute approximate surface area is 185 Å². The van der Waals surface area contributed by atoms with Crippen LogP contribution in [0.15, 0.2) is 54.6 Å². The number of tetrazole rings is 1. The Kier molecular flexibility index (Phi) is 6.21. The number of methoxy groups -OCH3 is 1. The molecule has 0 spiro atoms. The van der Waals surface area contributed by atoms with Gasteiger partial charge in [-0.05, 0) is 41.3 Å². The second kappa shape index (κ2) is 9.38. The topological polar surface area (TPSA) is 103 Å². The summed E-state index contributed by atoms with van der Waals surface area (Å²) in [6.07, 6.45) is 0.729. The first kappa shape index (κ1) is 21.2. The molecule has 8 heteroatoms. The van der Waals surface area contributed by atoms with Crippen molar-refractivity contribution in [3.05, 3.63) is 77.1 Å². The van der Waals surface area contributed by atoms with Crippen LogP contribution in [-0.4, -0.2) is 38.7 Å². The van der Waals surface area contributed by atoms with Crippen LogP contribution in [-0.2, 0) is 17.8 Å². The maximum absolute atomic E-state index is 12.3. The fourth-order valence-electron chi connectivity index (χ4n) is 3.52. The number of hydrogen-bond donors (Lipinski definition) is 1. The lowest BCUT2D eigenvalue weighted by Gasteiger charge is -2.15. The average molecular weight is 429 g/mol. The van der Waals surface area contributed by atoms with Gasteiger partial charge in [0, 0.05) is 17.3 Å². The molecule has 4 rings (SSSR count). The molecule has 4 aromatic rings. The van der Waals surface area contributed by atoms with Gasteiger partial charge in [-0.1, -0.05) is 49.4 Å². The first-order valence-electron chi connectivity index (χ1n) is 10.2. The van der Waals surface area contributed by atoms with E-state index in [1.54, 1.807) is 13.0 Å². The molecule has 2 heterocycles. The summed E-state index contributed by atoms with van der Waals surface area (Å²) in [6, 6.07) is 17.8. The van der Waals surface area contributed by atoms with Crippen LogP contribution in [0.25, 0.3) is 22.5 Å². The Bertz CT molecular complexity index is 1220. The summed E-state index contributed by atoms with van der Waals surface area (Å²) in [4.78, 5) is 16.8. The molecular weight excluding hydrogens is 406 g/mol. The maximum atomic E-state index is 12.3. The number of aryl methyl sites for hydroxylation is 2. The van der Waals surface area contributed by atoms with Crippen LogP contribution in [0.5, 0.6) is 5.75 Å². The van der Waals surface area contributed by atoms with E-state index in [9.17, 15) is 4.79 Å². The van der Waals surface area contributed by atoms with Crippen LogP contribution in [0.2, 0.25) is 0 Å². The lowest BCUT2D eigenvalue weighted by Crippen LogP contribution is -2.11. The van der Waals surface area contributed by atoms with Crippen LogP contribution < -0.4 is 4.74 Å². The number of nitrogens with zero attached hydrogens (tertiary/aromatic N) is 4. The van der Waals surface area contributed by atoms with E-state index in [0.29, 0.717) is 22.8 Å². The van der Waals surface area contributed by atoms with Gasteiger partial charge in [0.1, 0.15) is 17.9 Å². The van der Waals surface area contributed by atoms with Gasteiger partial charge in [0.25, 0.3) is 0 Å². The summed E-state index contributed by atoms with van der Waals surface area (Å²) in [7, 11) is 1.35. The van der Waals surface area contributed by atoms with Gasteiger partial charge in [0.2, 0.25) is 5.82 Å². The van der Waals surface area contributed by atoms with E-state index < -0.39 is 5.97 Å². The number of ether oxygens (including phenoxy) is 2. The zero-order chi connectivity index (χ0) is 22.5. The molecule has 0 aliphatic heterocycles. The molecule has 0 aliphatic rings. The predicted octanol–water partition coefficient (Wildman–Crippen LogP) is 4.17. The standard InChI is InChI=1S/C24H23N5O3/c1-4-18-13-21(22(15(2)25-18)24(30)31-3)32-14-16-10-11-19(17-8-6-5-7-9-17)20(12-16)23-26-28-29-27-23/h5-13H,4,14H2,1-3H3,(H,26,27,28,29). The summed E-state index contributed by atoms with van der Waals surface area (Å²) in [5, 5.41) is 14.5. The highest BCUT2D eigenvalue weighted by molar-refractivity contribution is 5.93. The number of carbonyl (C=O) groups is 1. The molecule has 8 nitrogen and oxygen atoms in total. The van der Waals surface area contributed by atoms with E-state index in [1.165, 1.54) is 7.11 Å². The zero-order valence-corrected chi connectivity index (χ0v) is 18.1. The van der Waals surface area contributed by atoms with Crippen molar-refractivity contribution in [2.45, 2.75) is 26.9 Å². The number of pyridine rings is 1. The highest BCUT2D eigenvalue weighted by Crippen LogP contribution is 2.31. The van der Waals surface area contributed by atoms with Crippen molar-refractivity contribution < 1.29 is 14.3 Å². The normalized spacial score (nSPS) is 10.7. The number of benzene rings is 2. The number of H-pyrrole nitrogens is 1. The molecular formula is C24H23N5O3. The van der Waals surface area contributed by atoms with Crippen molar-refractivity contribution in [1.29, 1.82) is 0 Å². The molecule has 0 saturated carbocycles. The number of aromatic nitrogens is 5. The van der Waals surface area contributed by atoms with E-state index in [0.717, 1.165) is 34.4 Å². The van der Waals surface area contributed by atoms with Crippen molar-refractivity contribution in [2.24, 2.45) is 0 Å². The average Bonchev–Trinajstić information content (AvgIpc) is 3.37. The predicted molar refractivity (Wildman–Crippen MR) is 119 cm³/mol. The molecule has 0 amide bonds. The molecule has 0 fully saturated rings. The van der Waals surface area contributed by atoms with Gasteiger partial charge in [-0.15, -0.1) is 10.2 Å². The van der Waals surface area contributed by atoms with Crippen molar-refractivity contribution in [3.63, 3.8) is 0 Å². The van der Waals surface area contributed by atoms with Gasteiger partial charge in [0.05, 0.1) is 12.8 Å². The Morgan fingerprint density at radius 2 is 1.88 bits per heavy atom. The monoisotopic (exact) mass is 429 g/mol. The number of esters is 1. The van der Waals surface area contributed by atoms with Crippen LogP contribution >= 0.6 is 0 Å². The second-order valence-corrected chi connectivity index (χ2v) is 7.19. The Morgan fingerprint density at radius 3 is 2.56 bits per heavy atom. The van der Waals surface area contributed by atoms with E-state index in [4.69, 9.17) is 9.47 Å². The summed E-state index contributed by atoms with van der Waals surface area (Å²) in [5.41, 5.74) is 5.52. The third kappa shape index (κ3) is 4.34. The molecule has 162 valence electrons. The number of nitrogens with one attached hydrogen (secondary N) is 1. The van der Waals surface area contributed by atoms with Gasteiger partial charge < -0.3 is 9.47 Å². The number of hydrogen-bond acceptors (Lipinski definition) is 7. The van der Waals surface area contributed by atoms with Crippen LogP contribution in [0.4, 0.5) is 0 Å². The second-order valence-electron chi connectivity index (χ2n) is 7.19. The summed E-state index contributed by atoms with van der Waals surface area (Å²) in [5.74, 6) is 0.475. The first-order valence-corrected chi connectivity index (χ1v) is 10.2. The Balaban J connectivity index is 1.69. The van der Waals surface area contributed by atoms with E-state index in [2.05, 4.69) is 25.6 Å². The van der Waals surface area contributed by atoms with Crippen LogP contribution in [0, 0.1) is 6.92 Å². The summed E-state index contributed by atoms with van der Waals surface area (Å²) in [6.45, 7) is 4.03. The SMILES string of the molecule is CCc1cc(OCc2ccc(-c3ccccc3)c(-c3nn[nH]n3)c2)c(C(=O)OC)c(C)n1. The van der Waals surface area contributed by atoms with Gasteiger partial charge in [-0.2, -0.15) is 5.21 Å².